The van der Waals surface area contributed by atoms with Crippen molar-refractivity contribution >= 4 is 47.8 Å². The highest BCUT2D eigenvalue weighted by molar-refractivity contribution is 9.11. The number of hydrogen-bond acceptors (Lipinski definition) is 4. The van der Waals surface area contributed by atoms with Crippen molar-refractivity contribution in [2.45, 2.75) is 44.8 Å². The Balaban J connectivity index is 1.68. The number of nitrogens with zero attached hydrogens (tertiary/aromatic N) is 2. The first-order valence-corrected chi connectivity index (χ1v) is 11.6. The topological polar surface area (TPSA) is 61.6 Å². The van der Waals surface area contributed by atoms with Gasteiger partial charge in [0.15, 0.2) is 0 Å². The third-order valence-electron chi connectivity index (χ3n) is 5.26. The van der Waals surface area contributed by atoms with Crippen LogP contribution in [0.15, 0.2) is 37.5 Å². The smallest absolute Gasteiger partial charge is 0.429 e. The minimum absolute atomic E-state index is 0.129. The molecule has 1 aromatic carbocycles. The lowest BCUT2D eigenvalue weighted by atomic mass is 10.1. The lowest BCUT2D eigenvalue weighted by Gasteiger charge is -2.42. The Morgan fingerprint density at radius 1 is 1.18 bits per heavy atom. The molecule has 6 nitrogen and oxygen atoms in total. The summed E-state index contributed by atoms with van der Waals surface area (Å²) in [6.07, 6.45) is 6.30. The maximum atomic E-state index is 10.9. The van der Waals surface area contributed by atoms with Gasteiger partial charge in [-0.15, -0.1) is 0 Å². The van der Waals surface area contributed by atoms with Gasteiger partial charge in [-0.25, -0.2) is 0 Å². The van der Waals surface area contributed by atoms with E-state index >= 15 is 0 Å². The van der Waals surface area contributed by atoms with Crippen LogP contribution < -0.4 is 4.74 Å². The Kier molecular flexibility index (Phi) is 8.37. The van der Waals surface area contributed by atoms with Gasteiger partial charge >= 0.3 is 5.88 Å². The zero-order valence-electron chi connectivity index (χ0n) is 16.3. The van der Waals surface area contributed by atoms with Crippen LogP contribution >= 0.6 is 47.8 Å². The Morgan fingerprint density at radius 3 is 2.36 bits per heavy atom. The first kappa shape index (κ1) is 23.6. The van der Waals surface area contributed by atoms with Crippen LogP contribution in [0.1, 0.15) is 39.0 Å². The van der Waals surface area contributed by atoms with E-state index in [9.17, 15) is 10.1 Å². The predicted molar refractivity (Wildman–Crippen MR) is 120 cm³/mol. The zero-order valence-corrected chi connectivity index (χ0v) is 21.1. The molecule has 1 aliphatic heterocycles. The summed E-state index contributed by atoms with van der Waals surface area (Å²) in [4.78, 5) is 10.5. The second kappa shape index (κ2) is 9.91. The van der Waals surface area contributed by atoms with Crippen molar-refractivity contribution in [3.8, 4) is 5.75 Å². The summed E-state index contributed by atoms with van der Waals surface area (Å²) in [6.45, 7) is 3.51. The van der Waals surface area contributed by atoms with Gasteiger partial charge in [0.05, 0.1) is 42.6 Å². The first-order valence-electron chi connectivity index (χ1n) is 9.20. The van der Waals surface area contributed by atoms with E-state index < -0.39 is 10.6 Å². The van der Waals surface area contributed by atoms with Crippen LogP contribution in [-0.2, 0) is 4.74 Å². The highest BCUT2D eigenvalue weighted by atomic mass is 79.9. The molecule has 1 aliphatic rings. The average molecular weight is 586 g/mol. The second-order valence-electron chi connectivity index (χ2n) is 7.65. The predicted octanol–water partition coefficient (Wildman–Crippen LogP) is 6.24. The molecular formula is C19H26Br3N2O4+. The Bertz CT molecular complexity index is 732. The van der Waals surface area contributed by atoms with E-state index in [1.807, 2.05) is 19.1 Å². The van der Waals surface area contributed by atoms with Crippen molar-refractivity contribution < 1.29 is 18.9 Å². The van der Waals surface area contributed by atoms with Crippen LogP contribution in [0.3, 0.4) is 0 Å². The van der Waals surface area contributed by atoms with Gasteiger partial charge in [-0.05, 0) is 69.7 Å². The fraction of sp³-hybridized carbons (Fsp3) is 0.579. The lowest BCUT2D eigenvalue weighted by molar-refractivity contribution is -0.964. The van der Waals surface area contributed by atoms with Gasteiger partial charge in [-0.1, -0.05) is 15.9 Å². The van der Waals surface area contributed by atoms with Gasteiger partial charge in [-0.3, -0.25) is 14.6 Å². The molecule has 2 rings (SSSR count). The number of ether oxygens (including phenoxy) is 2. The summed E-state index contributed by atoms with van der Waals surface area (Å²) >= 11 is 10.5. The Morgan fingerprint density at radius 2 is 1.79 bits per heavy atom. The van der Waals surface area contributed by atoms with Crippen molar-refractivity contribution in [1.29, 1.82) is 0 Å². The normalized spacial score (nSPS) is 19.3. The molecule has 0 aliphatic carbocycles. The molecule has 0 fully saturated rings. The highest BCUT2D eigenvalue weighted by Crippen LogP contribution is 2.37. The maximum Gasteiger partial charge on any atom is 0.429 e. The largest absolute Gasteiger partial charge is 0.491 e. The molecule has 1 unspecified atom stereocenters. The molecule has 0 spiro atoms. The van der Waals surface area contributed by atoms with E-state index in [1.165, 1.54) is 0 Å². The van der Waals surface area contributed by atoms with Gasteiger partial charge in [0.25, 0.3) is 0 Å². The van der Waals surface area contributed by atoms with Gasteiger partial charge in [0.1, 0.15) is 10.7 Å². The SMILES string of the molecule is CC1([N+](C)(C)CCCCCCOc2c(Br)cc(Br)cc2Br)CC=C([N+](=O)[O-])O1. The number of quaternary nitrogens is 1. The van der Waals surface area contributed by atoms with Gasteiger partial charge in [-0.2, -0.15) is 0 Å². The molecule has 0 aromatic heterocycles. The first-order chi connectivity index (χ1) is 13.1. The fourth-order valence-electron chi connectivity index (χ4n) is 3.11. The second-order valence-corrected chi connectivity index (χ2v) is 10.3. The minimum Gasteiger partial charge on any atom is -0.491 e. The average Bonchev–Trinajstić information content (AvgIpc) is 3.00. The summed E-state index contributed by atoms with van der Waals surface area (Å²) in [5.74, 6) is 0.692. The van der Waals surface area contributed by atoms with Crippen molar-refractivity contribution in [2.24, 2.45) is 0 Å². The summed E-state index contributed by atoms with van der Waals surface area (Å²) in [7, 11) is 4.14. The van der Waals surface area contributed by atoms with E-state index in [-0.39, 0.29) is 5.88 Å². The van der Waals surface area contributed by atoms with Crippen LogP contribution in [0.2, 0.25) is 0 Å². The molecule has 1 aromatic rings. The highest BCUT2D eigenvalue weighted by Gasteiger charge is 2.49. The minimum atomic E-state index is -0.578. The molecule has 0 bridgehead atoms. The third-order valence-corrected chi connectivity index (χ3v) is 6.90. The third kappa shape index (κ3) is 5.93. The molecule has 0 saturated carbocycles. The van der Waals surface area contributed by atoms with Crippen LogP contribution in [0.25, 0.3) is 0 Å². The summed E-state index contributed by atoms with van der Waals surface area (Å²) in [5, 5.41) is 10.9. The quantitative estimate of drug-likeness (QED) is 0.141. The summed E-state index contributed by atoms with van der Waals surface area (Å²) < 4.78 is 15.0. The van der Waals surface area contributed by atoms with Crippen LogP contribution in [0.4, 0.5) is 0 Å². The molecular weight excluding hydrogens is 560 g/mol. The van der Waals surface area contributed by atoms with Gasteiger partial charge < -0.3 is 9.47 Å². The molecule has 0 amide bonds. The van der Waals surface area contributed by atoms with E-state index in [1.54, 1.807) is 6.08 Å². The number of benzene rings is 1. The summed E-state index contributed by atoms with van der Waals surface area (Å²) in [6, 6.07) is 3.93. The monoisotopic (exact) mass is 583 g/mol. The van der Waals surface area contributed by atoms with E-state index in [0.717, 1.165) is 51.4 Å². The van der Waals surface area contributed by atoms with E-state index in [4.69, 9.17) is 9.47 Å². The van der Waals surface area contributed by atoms with Crippen LogP contribution in [0.5, 0.6) is 5.75 Å². The number of unbranched alkanes of at least 4 members (excludes halogenated alkanes) is 3. The molecule has 1 atom stereocenters. The molecule has 0 radical (unpaired) electrons. The fourth-order valence-corrected chi connectivity index (χ4v) is 5.60. The Hall–Kier alpha value is -0.640. The number of hydrogen-bond donors (Lipinski definition) is 0. The van der Waals surface area contributed by atoms with Crippen LogP contribution in [0, 0.1) is 10.1 Å². The standard InChI is InChI=1S/C19H26Br3N2O4/c1-19(9-8-17(28-19)23(25)26)24(2,3)10-6-4-5-7-11-27-18-15(21)12-14(20)13-16(18)22/h8,12-13H,4-7,9-11H2,1-3H3/q+1. The van der Waals surface area contributed by atoms with E-state index in [0.29, 0.717) is 17.5 Å². The van der Waals surface area contributed by atoms with Crippen molar-refractivity contribution in [1.82, 2.24) is 0 Å². The molecule has 1 heterocycles. The molecule has 0 saturated heterocycles. The lowest BCUT2D eigenvalue weighted by Crippen LogP contribution is -2.58. The summed E-state index contributed by atoms with van der Waals surface area (Å²) in [5.41, 5.74) is -0.578. The van der Waals surface area contributed by atoms with Gasteiger partial charge in [0.2, 0.25) is 5.72 Å². The molecule has 9 heteroatoms. The van der Waals surface area contributed by atoms with Crippen LogP contribution in [-0.4, -0.2) is 42.4 Å². The van der Waals surface area contributed by atoms with Crippen molar-refractivity contribution in [3.05, 3.63) is 47.6 Å². The number of halogens is 3. The van der Waals surface area contributed by atoms with Gasteiger partial charge in [0, 0.05) is 17.5 Å². The zero-order chi connectivity index (χ0) is 20.9. The number of rotatable bonds is 10. The molecule has 28 heavy (non-hydrogen) atoms. The number of nitro groups is 1. The van der Waals surface area contributed by atoms with Crippen molar-refractivity contribution in [3.63, 3.8) is 0 Å². The van der Waals surface area contributed by atoms with E-state index in [2.05, 4.69) is 61.9 Å². The molecule has 156 valence electrons. The maximum absolute atomic E-state index is 10.9. The Labute approximate surface area is 191 Å². The molecule has 0 N–H and O–H groups in total. The van der Waals surface area contributed by atoms with Crippen molar-refractivity contribution in [2.75, 3.05) is 27.2 Å².